The second-order valence-electron chi connectivity index (χ2n) is 9.09. The molecule has 0 saturated heterocycles. The summed E-state index contributed by atoms with van der Waals surface area (Å²) in [5, 5.41) is 0. The number of methoxy groups -OCH3 is 3. The number of ether oxygens (including phenoxy) is 3. The largest absolute Gasteiger partial charge is 0.497 e. The first-order valence-corrected chi connectivity index (χ1v) is 12.4. The second kappa shape index (κ2) is 10.8. The van der Waals surface area contributed by atoms with Gasteiger partial charge in [0.2, 0.25) is 0 Å². The van der Waals surface area contributed by atoms with Gasteiger partial charge in [-0.2, -0.15) is 0 Å². The molecule has 0 aromatic heterocycles. The molecule has 4 aromatic carbocycles. The molecule has 5 nitrogen and oxygen atoms in total. The molecule has 4 aromatic rings. The minimum absolute atomic E-state index is 0.0685. The van der Waals surface area contributed by atoms with Crippen LogP contribution in [0.5, 0.6) is 17.2 Å². The lowest BCUT2D eigenvalue weighted by Crippen LogP contribution is -2.28. The molecule has 2 atom stereocenters. The predicted molar refractivity (Wildman–Crippen MR) is 148 cm³/mol. The molecule has 0 amide bonds. The summed E-state index contributed by atoms with van der Waals surface area (Å²) in [6.07, 6.45) is 1.89. The van der Waals surface area contributed by atoms with Gasteiger partial charge in [-0.3, -0.25) is 9.59 Å². The van der Waals surface area contributed by atoms with Gasteiger partial charge in [-0.25, -0.2) is 0 Å². The third-order valence-electron chi connectivity index (χ3n) is 7.02. The van der Waals surface area contributed by atoms with Gasteiger partial charge in [0.15, 0.2) is 23.1 Å². The zero-order chi connectivity index (χ0) is 26.6. The third kappa shape index (κ3) is 4.59. The average Bonchev–Trinajstić information content (AvgIpc) is 2.99. The minimum atomic E-state index is -0.656. The number of carbonyl (C=O) groups excluding carboxylic acids is 2. The van der Waals surface area contributed by atoms with E-state index in [1.165, 1.54) is 0 Å². The lowest BCUT2D eigenvalue weighted by atomic mass is 9.67. The summed E-state index contributed by atoms with van der Waals surface area (Å²) in [4.78, 5) is 28.4. The van der Waals surface area contributed by atoms with E-state index in [9.17, 15) is 9.59 Å². The number of hydrogen-bond acceptors (Lipinski definition) is 5. The first-order chi connectivity index (χ1) is 18.5. The summed E-state index contributed by atoms with van der Waals surface area (Å²) < 4.78 is 16.4. The molecule has 0 bridgehead atoms. The Morgan fingerprint density at radius 1 is 0.658 bits per heavy atom. The number of Topliss-reactive ketones (excluding diaryl/α,β-unsaturated/α-hetero) is 2. The number of carbonyl (C=O) groups is 2. The zero-order valence-electron chi connectivity index (χ0n) is 21.5. The van der Waals surface area contributed by atoms with Crippen LogP contribution in [0.2, 0.25) is 0 Å². The molecule has 0 unspecified atom stereocenters. The van der Waals surface area contributed by atoms with E-state index in [-0.39, 0.29) is 11.6 Å². The number of ketones is 2. The molecular weight excluding hydrogens is 476 g/mol. The molecule has 190 valence electrons. The summed E-state index contributed by atoms with van der Waals surface area (Å²) in [5.41, 5.74) is 4.06. The fraction of sp³-hybridized carbons (Fsp3) is 0.152. The number of hydrogen-bond donors (Lipinski definition) is 0. The maximum Gasteiger partial charge on any atom is 0.189 e. The van der Waals surface area contributed by atoms with Crippen molar-refractivity contribution in [3.8, 4) is 17.2 Å². The van der Waals surface area contributed by atoms with Crippen LogP contribution in [0.25, 0.3) is 6.08 Å². The van der Waals surface area contributed by atoms with Crippen molar-refractivity contribution >= 4 is 17.6 Å². The van der Waals surface area contributed by atoms with Gasteiger partial charge >= 0.3 is 0 Å². The number of rotatable bonds is 8. The van der Waals surface area contributed by atoms with E-state index in [0.717, 1.165) is 16.7 Å². The maximum absolute atomic E-state index is 14.3. The first-order valence-electron chi connectivity index (χ1n) is 12.4. The lowest BCUT2D eigenvalue weighted by Gasteiger charge is -2.34. The SMILES string of the molecule is COc1ccc(C(=O)C2=Cc3cc(OC)c(OC)cc3[C@@H](C(=O)c3ccccc3)[C@@H]2c2ccccc2)cc1. The maximum atomic E-state index is 14.3. The molecule has 0 radical (unpaired) electrons. The van der Waals surface area contributed by atoms with E-state index >= 15 is 0 Å². The zero-order valence-corrected chi connectivity index (χ0v) is 21.5. The van der Waals surface area contributed by atoms with Gasteiger partial charge in [-0.05, 0) is 59.2 Å². The Labute approximate surface area is 222 Å². The molecule has 0 N–H and O–H groups in total. The minimum Gasteiger partial charge on any atom is -0.497 e. The lowest BCUT2D eigenvalue weighted by molar-refractivity contribution is 0.0944. The average molecular weight is 505 g/mol. The van der Waals surface area contributed by atoms with Crippen molar-refractivity contribution in [2.45, 2.75) is 11.8 Å². The Bertz CT molecular complexity index is 1490. The molecule has 0 aliphatic heterocycles. The Balaban J connectivity index is 1.76. The highest BCUT2D eigenvalue weighted by atomic mass is 16.5. The normalized spacial score (nSPS) is 16.1. The topological polar surface area (TPSA) is 61.8 Å². The molecule has 1 aliphatic rings. The van der Waals surface area contributed by atoms with E-state index in [4.69, 9.17) is 14.2 Å². The molecular formula is C33H28O5. The van der Waals surface area contributed by atoms with Crippen molar-refractivity contribution in [3.05, 3.63) is 130 Å². The van der Waals surface area contributed by atoms with Crippen molar-refractivity contribution in [2.24, 2.45) is 0 Å². The molecule has 1 aliphatic carbocycles. The Kier molecular flexibility index (Phi) is 7.09. The van der Waals surface area contributed by atoms with Crippen LogP contribution >= 0.6 is 0 Å². The van der Waals surface area contributed by atoms with Crippen LogP contribution in [0, 0.1) is 0 Å². The second-order valence-corrected chi connectivity index (χ2v) is 9.09. The van der Waals surface area contributed by atoms with Crippen molar-refractivity contribution < 1.29 is 23.8 Å². The van der Waals surface area contributed by atoms with E-state index in [0.29, 0.717) is 33.9 Å². The summed E-state index contributed by atoms with van der Waals surface area (Å²) in [6.45, 7) is 0. The van der Waals surface area contributed by atoms with Crippen molar-refractivity contribution in [2.75, 3.05) is 21.3 Å². The van der Waals surface area contributed by atoms with Crippen LogP contribution in [-0.4, -0.2) is 32.9 Å². The predicted octanol–water partition coefficient (Wildman–Crippen LogP) is 6.74. The fourth-order valence-electron chi connectivity index (χ4n) is 5.14. The molecule has 0 spiro atoms. The van der Waals surface area contributed by atoms with Gasteiger partial charge in [0.1, 0.15) is 5.75 Å². The van der Waals surface area contributed by atoms with Gasteiger partial charge in [-0.1, -0.05) is 60.7 Å². The van der Waals surface area contributed by atoms with Gasteiger partial charge < -0.3 is 14.2 Å². The highest BCUT2D eigenvalue weighted by molar-refractivity contribution is 6.15. The van der Waals surface area contributed by atoms with Crippen LogP contribution < -0.4 is 14.2 Å². The van der Waals surface area contributed by atoms with Crippen LogP contribution in [0.3, 0.4) is 0 Å². The molecule has 5 rings (SSSR count). The van der Waals surface area contributed by atoms with Crippen molar-refractivity contribution in [3.63, 3.8) is 0 Å². The number of allylic oxidation sites excluding steroid dienone is 1. The van der Waals surface area contributed by atoms with E-state index in [1.54, 1.807) is 45.6 Å². The van der Waals surface area contributed by atoms with Gasteiger partial charge in [-0.15, -0.1) is 0 Å². The van der Waals surface area contributed by atoms with Gasteiger partial charge in [0.25, 0.3) is 0 Å². The summed E-state index contributed by atoms with van der Waals surface area (Å²) in [7, 11) is 4.73. The standard InChI is InChI=1S/C33H28O5/c1-36-25-16-14-23(15-17-25)32(34)27-18-24-19-28(37-2)29(38-3)20-26(24)31(30(27)21-10-6-4-7-11-21)33(35)22-12-8-5-9-13-22/h4-20,30-31H,1-3H3/t30-,31-/m1/s1. The molecule has 5 heteroatoms. The molecule has 0 saturated carbocycles. The molecule has 0 heterocycles. The molecule has 0 fully saturated rings. The number of benzene rings is 4. The number of fused-ring (bicyclic) bond motifs is 1. The van der Waals surface area contributed by atoms with Gasteiger partial charge in [0.05, 0.1) is 27.2 Å². The van der Waals surface area contributed by atoms with Crippen LogP contribution in [0.4, 0.5) is 0 Å². The summed E-state index contributed by atoms with van der Waals surface area (Å²) in [6, 6.07) is 29.7. The quantitative estimate of drug-likeness (QED) is 0.249. The van der Waals surface area contributed by atoms with E-state index < -0.39 is 11.8 Å². The van der Waals surface area contributed by atoms with E-state index in [2.05, 4.69) is 0 Å². The van der Waals surface area contributed by atoms with Gasteiger partial charge in [0, 0.05) is 22.6 Å². The Hall–Kier alpha value is -4.64. The summed E-state index contributed by atoms with van der Waals surface area (Å²) >= 11 is 0. The third-order valence-corrected chi connectivity index (χ3v) is 7.02. The van der Waals surface area contributed by atoms with Crippen LogP contribution in [0.1, 0.15) is 49.2 Å². The highest BCUT2D eigenvalue weighted by Crippen LogP contribution is 2.49. The fourth-order valence-corrected chi connectivity index (χ4v) is 5.14. The van der Waals surface area contributed by atoms with Crippen LogP contribution in [-0.2, 0) is 0 Å². The molecule has 38 heavy (non-hydrogen) atoms. The highest BCUT2D eigenvalue weighted by Gasteiger charge is 2.41. The van der Waals surface area contributed by atoms with Crippen LogP contribution in [0.15, 0.2) is 103 Å². The summed E-state index contributed by atoms with van der Waals surface area (Å²) in [5.74, 6) is 0.345. The first kappa shape index (κ1) is 25.0. The van der Waals surface area contributed by atoms with E-state index in [1.807, 2.05) is 78.9 Å². The smallest absolute Gasteiger partial charge is 0.189 e. The Morgan fingerprint density at radius 3 is 1.87 bits per heavy atom. The van der Waals surface area contributed by atoms with Crippen molar-refractivity contribution in [1.29, 1.82) is 0 Å². The van der Waals surface area contributed by atoms with Crippen molar-refractivity contribution in [1.82, 2.24) is 0 Å². The Morgan fingerprint density at radius 2 is 1.26 bits per heavy atom. The monoisotopic (exact) mass is 504 g/mol.